The Morgan fingerprint density at radius 2 is 1.60 bits per heavy atom. The molecule has 0 radical (unpaired) electrons. The maximum Gasteiger partial charge on any atom is 0.179 e. The molecule has 0 spiro atoms. The lowest BCUT2D eigenvalue weighted by Crippen LogP contribution is -2.13. The first-order valence-corrected chi connectivity index (χ1v) is 5.98. The van der Waals surface area contributed by atoms with Crippen molar-refractivity contribution < 1.29 is 0 Å². The third kappa shape index (κ3) is 2.94. The molecule has 98 valence electrons. The van der Waals surface area contributed by atoms with Crippen molar-refractivity contribution >= 4 is 23.1 Å². The van der Waals surface area contributed by atoms with Crippen molar-refractivity contribution in [3.8, 4) is 12.1 Å². The van der Waals surface area contributed by atoms with Crippen molar-refractivity contribution in [2.45, 2.75) is 6.92 Å². The number of rotatable bonds is 3. The number of nitrogens with one attached hydrogen (secondary N) is 2. The van der Waals surface area contributed by atoms with Crippen LogP contribution in [0, 0.1) is 29.6 Å². The molecule has 0 saturated heterocycles. The van der Waals surface area contributed by atoms with E-state index in [2.05, 4.69) is 20.8 Å². The van der Waals surface area contributed by atoms with Crippen molar-refractivity contribution in [2.24, 2.45) is 0 Å². The number of aromatic nitrogens is 2. The molecule has 1 aromatic carbocycles. The average molecular weight is 285 g/mol. The minimum absolute atomic E-state index is 0.0153. The molecule has 2 aromatic rings. The first-order chi connectivity index (χ1) is 9.63. The molecule has 0 amide bonds. The van der Waals surface area contributed by atoms with E-state index in [1.807, 2.05) is 12.1 Å². The number of anilines is 2. The highest BCUT2D eigenvalue weighted by Gasteiger charge is 2.10. The van der Waals surface area contributed by atoms with Crippen LogP contribution in [-0.2, 0) is 0 Å². The maximum absolute atomic E-state index is 8.91. The van der Waals surface area contributed by atoms with E-state index in [1.54, 1.807) is 31.2 Å². The Morgan fingerprint density at radius 3 is 2.20 bits per heavy atom. The number of aryl methyl sites for hydroxylation is 1. The molecule has 0 fully saturated rings. The highest BCUT2D eigenvalue weighted by molar-refractivity contribution is 6.30. The zero-order chi connectivity index (χ0) is 14.5. The van der Waals surface area contributed by atoms with Gasteiger partial charge in [0.15, 0.2) is 17.2 Å². The van der Waals surface area contributed by atoms with Gasteiger partial charge in [-0.1, -0.05) is 11.6 Å². The number of hydrogen-bond acceptors (Lipinski definition) is 6. The summed E-state index contributed by atoms with van der Waals surface area (Å²) in [6.45, 7) is 1.70. The van der Waals surface area contributed by atoms with Gasteiger partial charge in [-0.3, -0.25) is 10.9 Å². The number of halogens is 1. The molecule has 0 aliphatic rings. The van der Waals surface area contributed by atoms with Gasteiger partial charge in [-0.2, -0.15) is 10.5 Å². The first kappa shape index (κ1) is 13.6. The molecular weight excluding hydrogens is 276 g/mol. The molecule has 1 heterocycles. The Bertz CT molecular complexity index is 711. The molecule has 0 aliphatic carbocycles. The van der Waals surface area contributed by atoms with Crippen LogP contribution in [0.2, 0.25) is 5.02 Å². The van der Waals surface area contributed by atoms with Gasteiger partial charge in [0.2, 0.25) is 0 Å². The number of benzene rings is 1. The summed E-state index contributed by atoms with van der Waals surface area (Å²) in [5, 5.41) is 18.4. The van der Waals surface area contributed by atoms with Crippen LogP contribution >= 0.6 is 11.6 Å². The summed E-state index contributed by atoms with van der Waals surface area (Å²) in [4.78, 5) is 8.07. The van der Waals surface area contributed by atoms with Crippen LogP contribution in [-0.4, -0.2) is 9.97 Å². The average Bonchev–Trinajstić information content (AvgIpc) is 2.47. The molecule has 7 heteroatoms. The topological polar surface area (TPSA) is 97.4 Å². The monoisotopic (exact) mass is 284 g/mol. The zero-order valence-corrected chi connectivity index (χ0v) is 11.2. The lowest BCUT2D eigenvalue weighted by molar-refractivity contribution is 1.06. The fourth-order valence-electron chi connectivity index (χ4n) is 1.46. The van der Waals surface area contributed by atoms with Crippen molar-refractivity contribution in [1.82, 2.24) is 9.97 Å². The lowest BCUT2D eigenvalue weighted by Gasteiger charge is -2.11. The molecule has 0 bridgehead atoms. The quantitative estimate of drug-likeness (QED) is 0.841. The van der Waals surface area contributed by atoms with Crippen LogP contribution < -0.4 is 10.9 Å². The summed E-state index contributed by atoms with van der Waals surface area (Å²) in [6, 6.07) is 10.7. The van der Waals surface area contributed by atoms with Gasteiger partial charge in [-0.25, -0.2) is 9.97 Å². The number of hydrogen-bond donors (Lipinski definition) is 2. The van der Waals surface area contributed by atoms with Crippen LogP contribution in [0.5, 0.6) is 0 Å². The molecule has 0 atom stereocenters. The predicted molar refractivity (Wildman–Crippen MR) is 74.9 cm³/mol. The van der Waals surface area contributed by atoms with Crippen LogP contribution in [0.25, 0.3) is 0 Å². The van der Waals surface area contributed by atoms with Crippen LogP contribution in [0.1, 0.15) is 17.1 Å². The second-order valence-corrected chi connectivity index (χ2v) is 4.27. The van der Waals surface area contributed by atoms with Gasteiger partial charge in [-0.15, -0.1) is 0 Å². The van der Waals surface area contributed by atoms with Gasteiger partial charge in [0.25, 0.3) is 0 Å². The van der Waals surface area contributed by atoms with Gasteiger partial charge in [0, 0.05) is 5.02 Å². The molecule has 0 saturated carbocycles. The molecule has 2 rings (SSSR count). The molecule has 0 unspecified atom stereocenters. The minimum Gasteiger partial charge on any atom is -0.300 e. The Labute approximate surface area is 120 Å². The van der Waals surface area contributed by atoms with E-state index in [0.717, 1.165) is 5.69 Å². The molecule has 6 nitrogen and oxygen atoms in total. The van der Waals surface area contributed by atoms with Gasteiger partial charge < -0.3 is 0 Å². The minimum atomic E-state index is -0.0153. The van der Waals surface area contributed by atoms with Crippen LogP contribution in [0.4, 0.5) is 11.5 Å². The Balaban J connectivity index is 2.20. The van der Waals surface area contributed by atoms with Gasteiger partial charge in [0.1, 0.15) is 12.1 Å². The third-order valence-corrected chi connectivity index (χ3v) is 2.70. The van der Waals surface area contributed by atoms with Crippen LogP contribution in [0.15, 0.2) is 24.3 Å². The van der Waals surface area contributed by atoms with E-state index < -0.39 is 0 Å². The summed E-state index contributed by atoms with van der Waals surface area (Å²) in [7, 11) is 0. The summed E-state index contributed by atoms with van der Waals surface area (Å²) >= 11 is 5.79. The fourth-order valence-corrected chi connectivity index (χ4v) is 1.58. The highest BCUT2D eigenvalue weighted by atomic mass is 35.5. The third-order valence-electron chi connectivity index (χ3n) is 2.45. The normalized spacial score (nSPS) is 9.40. The standard InChI is InChI=1S/C13H9ClN6/c1-8-13(18-12(7-16)11(6-15)17-8)20-19-10-4-2-9(14)3-5-10/h2-5,19H,1H3,(H,18,20). The molecule has 20 heavy (non-hydrogen) atoms. The largest absolute Gasteiger partial charge is 0.300 e. The van der Waals surface area contributed by atoms with Gasteiger partial charge in [0.05, 0.1) is 11.4 Å². The number of nitrogens with zero attached hydrogens (tertiary/aromatic N) is 4. The number of nitriles is 2. The van der Waals surface area contributed by atoms with Crippen molar-refractivity contribution in [2.75, 3.05) is 10.9 Å². The SMILES string of the molecule is Cc1nc(C#N)c(C#N)nc1NNc1ccc(Cl)cc1. The highest BCUT2D eigenvalue weighted by Crippen LogP contribution is 2.15. The molecule has 0 aliphatic heterocycles. The maximum atomic E-state index is 8.91. The predicted octanol–water partition coefficient (Wildman–Crippen LogP) is 2.62. The summed E-state index contributed by atoms with van der Waals surface area (Å²) < 4.78 is 0. The van der Waals surface area contributed by atoms with E-state index >= 15 is 0 Å². The van der Waals surface area contributed by atoms with Gasteiger partial charge >= 0.3 is 0 Å². The van der Waals surface area contributed by atoms with Crippen molar-refractivity contribution in [1.29, 1.82) is 10.5 Å². The fraction of sp³-hybridized carbons (Fsp3) is 0.0769. The van der Waals surface area contributed by atoms with E-state index in [4.69, 9.17) is 22.1 Å². The summed E-state index contributed by atoms with van der Waals surface area (Å²) in [5.41, 5.74) is 7.05. The Hall–Kier alpha value is -2.83. The molecular formula is C13H9ClN6. The number of hydrazine groups is 1. The van der Waals surface area contributed by atoms with E-state index in [-0.39, 0.29) is 11.4 Å². The Morgan fingerprint density at radius 1 is 1.00 bits per heavy atom. The van der Waals surface area contributed by atoms with Crippen LogP contribution in [0.3, 0.4) is 0 Å². The first-order valence-electron chi connectivity index (χ1n) is 5.60. The second-order valence-electron chi connectivity index (χ2n) is 3.84. The van der Waals surface area contributed by atoms with E-state index in [0.29, 0.717) is 16.5 Å². The molecule has 1 aromatic heterocycles. The van der Waals surface area contributed by atoms with E-state index in [1.165, 1.54) is 0 Å². The second kappa shape index (κ2) is 5.87. The van der Waals surface area contributed by atoms with Crippen molar-refractivity contribution in [3.05, 3.63) is 46.4 Å². The zero-order valence-electron chi connectivity index (χ0n) is 10.5. The Kier molecular flexibility index (Phi) is 3.99. The smallest absolute Gasteiger partial charge is 0.179 e. The van der Waals surface area contributed by atoms with E-state index in [9.17, 15) is 0 Å². The summed E-state index contributed by atoms with van der Waals surface area (Å²) in [5.74, 6) is 0.385. The summed E-state index contributed by atoms with van der Waals surface area (Å²) in [6.07, 6.45) is 0. The molecule has 2 N–H and O–H groups in total. The van der Waals surface area contributed by atoms with Crippen molar-refractivity contribution in [3.63, 3.8) is 0 Å². The lowest BCUT2D eigenvalue weighted by atomic mass is 10.3. The van der Waals surface area contributed by atoms with Gasteiger partial charge in [-0.05, 0) is 31.2 Å².